The molecule has 1 fully saturated rings. The van der Waals surface area contributed by atoms with Crippen molar-refractivity contribution in [2.24, 2.45) is 5.92 Å². The highest BCUT2D eigenvalue weighted by Crippen LogP contribution is 2.25. The number of carbonyl (C=O) groups is 2. The minimum Gasteiger partial charge on any atom is -0.469 e. The van der Waals surface area contributed by atoms with Gasteiger partial charge in [-0.2, -0.15) is 0 Å². The molecule has 1 aliphatic carbocycles. The van der Waals surface area contributed by atoms with Gasteiger partial charge in [-0.25, -0.2) is 0 Å². The molecule has 0 aromatic carbocycles. The van der Waals surface area contributed by atoms with Gasteiger partial charge in [-0.05, 0) is 18.9 Å². The molecule has 0 unspecified atom stereocenters. The normalized spacial score (nSPS) is 22.2. The summed E-state index contributed by atoms with van der Waals surface area (Å²) in [5, 5.41) is 3.23. The third kappa shape index (κ3) is 3.94. The number of hydrogen-bond donors (Lipinski definition) is 1. The molecule has 0 bridgehead atoms. The molecular weight excluding hydrogens is 292 g/mol. The first kappa shape index (κ1) is 15.8. The van der Waals surface area contributed by atoms with E-state index in [1.807, 2.05) is 0 Å². The van der Waals surface area contributed by atoms with Crippen molar-refractivity contribution in [3.05, 3.63) is 29.0 Å². The van der Waals surface area contributed by atoms with Crippen LogP contribution in [0.5, 0.6) is 0 Å². The van der Waals surface area contributed by atoms with Crippen molar-refractivity contribution in [1.82, 2.24) is 10.3 Å². The Kier molecular flexibility index (Phi) is 5.56. The maximum atomic E-state index is 12.3. The minimum atomic E-state index is -0.290. The van der Waals surface area contributed by atoms with E-state index < -0.39 is 0 Å². The average molecular weight is 311 g/mol. The molecule has 2 rings (SSSR count). The Morgan fingerprint density at radius 2 is 2.10 bits per heavy atom. The number of nitrogens with one attached hydrogen (secondary N) is 1. The van der Waals surface area contributed by atoms with Gasteiger partial charge in [-0.1, -0.05) is 30.9 Å². The first-order valence-corrected chi connectivity index (χ1v) is 7.49. The first-order valence-electron chi connectivity index (χ1n) is 7.11. The van der Waals surface area contributed by atoms with Crippen molar-refractivity contribution in [2.45, 2.75) is 38.1 Å². The van der Waals surface area contributed by atoms with Gasteiger partial charge in [0.1, 0.15) is 0 Å². The summed E-state index contributed by atoms with van der Waals surface area (Å²) in [6.07, 6.45) is 7.49. The molecule has 0 aliphatic heterocycles. The molecule has 5 nitrogen and oxygen atoms in total. The standard InChI is InChI=1S/C15H19ClN2O3/c1-21-15(20)11-5-3-2-4-6-13(11)18-14(19)10-7-8-17-9-12(10)16/h7-9,11,13H,2-6H2,1H3,(H,18,19)/t11-,13+/m0/s1. The highest BCUT2D eigenvalue weighted by Gasteiger charge is 2.32. The summed E-state index contributed by atoms with van der Waals surface area (Å²) in [5.74, 6) is -0.826. The smallest absolute Gasteiger partial charge is 0.310 e. The maximum absolute atomic E-state index is 12.3. The van der Waals surface area contributed by atoms with E-state index >= 15 is 0 Å². The zero-order chi connectivity index (χ0) is 15.2. The Morgan fingerprint density at radius 3 is 2.81 bits per heavy atom. The van der Waals surface area contributed by atoms with Crippen molar-refractivity contribution in [3.8, 4) is 0 Å². The molecule has 1 heterocycles. The third-order valence-electron chi connectivity index (χ3n) is 3.85. The van der Waals surface area contributed by atoms with Crippen molar-refractivity contribution in [1.29, 1.82) is 0 Å². The lowest BCUT2D eigenvalue weighted by Gasteiger charge is -2.24. The van der Waals surface area contributed by atoms with Crippen LogP contribution in [0, 0.1) is 5.92 Å². The summed E-state index contributed by atoms with van der Waals surface area (Å²) in [4.78, 5) is 28.1. The molecule has 6 heteroatoms. The fourth-order valence-electron chi connectivity index (χ4n) is 2.72. The number of aromatic nitrogens is 1. The van der Waals surface area contributed by atoms with Crippen LogP contribution in [0.1, 0.15) is 42.5 Å². The van der Waals surface area contributed by atoms with Crippen LogP contribution in [-0.2, 0) is 9.53 Å². The first-order chi connectivity index (χ1) is 10.1. The molecule has 0 spiro atoms. The van der Waals surface area contributed by atoms with Crippen LogP contribution >= 0.6 is 11.6 Å². The zero-order valence-corrected chi connectivity index (χ0v) is 12.7. The van der Waals surface area contributed by atoms with Crippen molar-refractivity contribution in [2.75, 3.05) is 7.11 Å². The lowest BCUT2D eigenvalue weighted by molar-refractivity contribution is -0.146. The number of methoxy groups -OCH3 is 1. The highest BCUT2D eigenvalue weighted by atomic mass is 35.5. The van der Waals surface area contributed by atoms with Crippen molar-refractivity contribution in [3.63, 3.8) is 0 Å². The predicted octanol–water partition coefficient (Wildman–Crippen LogP) is 2.59. The number of ether oxygens (including phenoxy) is 1. The lowest BCUT2D eigenvalue weighted by atomic mass is 9.94. The topological polar surface area (TPSA) is 68.3 Å². The van der Waals surface area contributed by atoms with E-state index in [-0.39, 0.29) is 23.8 Å². The molecule has 1 saturated carbocycles. The summed E-state index contributed by atoms with van der Waals surface area (Å²) >= 11 is 5.98. The Hall–Kier alpha value is -1.62. The van der Waals surface area contributed by atoms with Crippen molar-refractivity contribution >= 4 is 23.5 Å². The van der Waals surface area contributed by atoms with Gasteiger partial charge >= 0.3 is 5.97 Å². The van der Waals surface area contributed by atoms with E-state index in [1.165, 1.54) is 19.5 Å². The van der Waals surface area contributed by atoms with Crippen LogP contribution in [-0.4, -0.2) is 30.0 Å². The fourth-order valence-corrected chi connectivity index (χ4v) is 2.92. The fraction of sp³-hybridized carbons (Fsp3) is 0.533. The SMILES string of the molecule is COC(=O)[C@H]1CCCCC[C@H]1NC(=O)c1ccncc1Cl. The monoisotopic (exact) mass is 310 g/mol. The quantitative estimate of drug-likeness (QED) is 0.688. The summed E-state index contributed by atoms with van der Waals surface area (Å²) in [7, 11) is 1.38. The number of carbonyl (C=O) groups excluding carboxylic acids is 2. The number of pyridine rings is 1. The third-order valence-corrected chi connectivity index (χ3v) is 4.15. The Morgan fingerprint density at radius 1 is 1.33 bits per heavy atom. The van der Waals surface area contributed by atoms with Gasteiger partial charge in [0.05, 0.1) is 23.6 Å². The van der Waals surface area contributed by atoms with Gasteiger partial charge < -0.3 is 10.1 Å². The molecular formula is C15H19ClN2O3. The number of halogens is 1. The molecule has 1 aromatic rings. The number of amides is 1. The second kappa shape index (κ2) is 7.41. The number of nitrogens with zero attached hydrogens (tertiary/aromatic N) is 1. The molecule has 0 saturated heterocycles. The van der Waals surface area contributed by atoms with E-state index in [9.17, 15) is 9.59 Å². The van der Waals surface area contributed by atoms with Crippen LogP contribution in [0.4, 0.5) is 0 Å². The van der Waals surface area contributed by atoms with E-state index in [0.29, 0.717) is 10.6 Å². The Bertz CT molecular complexity index is 521. The van der Waals surface area contributed by atoms with E-state index in [0.717, 1.165) is 32.1 Å². The molecule has 1 N–H and O–H groups in total. The van der Waals surface area contributed by atoms with Crippen LogP contribution in [0.25, 0.3) is 0 Å². The largest absolute Gasteiger partial charge is 0.469 e. The van der Waals surface area contributed by atoms with Gasteiger partial charge in [0.25, 0.3) is 5.91 Å². The van der Waals surface area contributed by atoms with Gasteiger partial charge in [0.15, 0.2) is 0 Å². The van der Waals surface area contributed by atoms with Crippen LogP contribution in [0.15, 0.2) is 18.5 Å². The van der Waals surface area contributed by atoms with Crippen LogP contribution in [0.2, 0.25) is 5.02 Å². The summed E-state index contributed by atoms with van der Waals surface area (Å²) in [5.41, 5.74) is 0.375. The van der Waals surface area contributed by atoms with Gasteiger partial charge in [-0.15, -0.1) is 0 Å². The molecule has 1 aliphatic rings. The van der Waals surface area contributed by atoms with E-state index in [2.05, 4.69) is 10.3 Å². The van der Waals surface area contributed by atoms with E-state index in [4.69, 9.17) is 16.3 Å². The summed E-state index contributed by atoms with van der Waals surface area (Å²) in [6.45, 7) is 0. The maximum Gasteiger partial charge on any atom is 0.310 e. The van der Waals surface area contributed by atoms with Gasteiger partial charge in [0, 0.05) is 18.4 Å². The number of hydrogen-bond acceptors (Lipinski definition) is 4. The van der Waals surface area contributed by atoms with Gasteiger partial charge in [0.2, 0.25) is 0 Å². The second-order valence-electron chi connectivity index (χ2n) is 5.20. The molecule has 114 valence electrons. The molecule has 1 aromatic heterocycles. The van der Waals surface area contributed by atoms with Crippen molar-refractivity contribution < 1.29 is 14.3 Å². The predicted molar refractivity (Wildman–Crippen MR) is 79.1 cm³/mol. The number of rotatable bonds is 3. The summed E-state index contributed by atoms with van der Waals surface area (Å²) < 4.78 is 4.86. The lowest BCUT2D eigenvalue weighted by Crippen LogP contribution is -2.43. The van der Waals surface area contributed by atoms with Crippen LogP contribution in [0.3, 0.4) is 0 Å². The Labute approximate surface area is 129 Å². The molecule has 1 amide bonds. The zero-order valence-electron chi connectivity index (χ0n) is 12.0. The van der Waals surface area contributed by atoms with Gasteiger partial charge in [-0.3, -0.25) is 14.6 Å². The van der Waals surface area contributed by atoms with E-state index in [1.54, 1.807) is 6.07 Å². The molecule has 21 heavy (non-hydrogen) atoms. The molecule has 0 radical (unpaired) electrons. The average Bonchev–Trinajstić information content (AvgIpc) is 2.72. The minimum absolute atomic E-state index is 0.211. The molecule has 2 atom stereocenters. The summed E-state index contributed by atoms with van der Waals surface area (Å²) in [6, 6.07) is 1.36. The highest BCUT2D eigenvalue weighted by molar-refractivity contribution is 6.33. The van der Waals surface area contributed by atoms with Crippen LogP contribution < -0.4 is 5.32 Å². The Balaban J connectivity index is 2.12. The second-order valence-corrected chi connectivity index (χ2v) is 5.61. The number of esters is 1.